The van der Waals surface area contributed by atoms with Gasteiger partial charge in [-0.25, -0.2) is 4.79 Å². The topological polar surface area (TPSA) is 41.1 Å². The molecule has 0 aliphatic carbocycles. The third-order valence-corrected chi connectivity index (χ3v) is 3.64. The first-order valence-electron chi connectivity index (χ1n) is 5.23. The van der Waals surface area contributed by atoms with Crippen molar-refractivity contribution in [3.8, 4) is 0 Å². The molecule has 0 spiro atoms. The molecule has 2 N–H and O–H groups in total. The van der Waals surface area contributed by atoms with Gasteiger partial charge in [0.05, 0.1) is 5.69 Å². The molecule has 92 valence electrons. The van der Waals surface area contributed by atoms with Crippen LogP contribution in [0, 0.1) is 3.57 Å². The van der Waals surface area contributed by atoms with E-state index < -0.39 is 0 Å². The van der Waals surface area contributed by atoms with Gasteiger partial charge in [0, 0.05) is 13.7 Å². The highest BCUT2D eigenvalue weighted by atomic mass is 127. The Morgan fingerprint density at radius 1 is 1.06 bits per heavy atom. The van der Waals surface area contributed by atoms with Crippen molar-refractivity contribution in [2.75, 3.05) is 10.6 Å². The monoisotopic (exact) mass is 416 g/mol. The number of urea groups is 1. The number of halogens is 2. The van der Waals surface area contributed by atoms with E-state index in [0.717, 1.165) is 19.4 Å². The second kappa shape index (κ2) is 6.19. The van der Waals surface area contributed by atoms with Crippen LogP contribution in [0.2, 0.25) is 0 Å². The summed E-state index contributed by atoms with van der Waals surface area (Å²) in [4.78, 5) is 11.8. The average Bonchev–Trinajstić information content (AvgIpc) is 2.32. The summed E-state index contributed by atoms with van der Waals surface area (Å²) in [5, 5.41) is 5.58. The Balaban J connectivity index is 2.03. The van der Waals surface area contributed by atoms with Crippen molar-refractivity contribution in [1.82, 2.24) is 0 Å². The Bertz CT molecular complexity index is 574. The predicted molar refractivity (Wildman–Crippen MR) is 85.9 cm³/mol. The molecule has 0 radical (unpaired) electrons. The lowest BCUT2D eigenvalue weighted by Crippen LogP contribution is -2.19. The van der Waals surface area contributed by atoms with Gasteiger partial charge in [-0.1, -0.05) is 34.1 Å². The third-order valence-electron chi connectivity index (χ3n) is 2.20. The van der Waals surface area contributed by atoms with Crippen molar-refractivity contribution in [3.05, 3.63) is 56.6 Å². The Morgan fingerprint density at radius 2 is 1.83 bits per heavy atom. The first-order chi connectivity index (χ1) is 8.65. The minimum absolute atomic E-state index is 0.253. The van der Waals surface area contributed by atoms with Crippen LogP contribution in [-0.4, -0.2) is 6.03 Å². The molecule has 0 saturated heterocycles. The Hall–Kier alpha value is -1.08. The molecular weight excluding hydrogens is 407 g/mol. The summed E-state index contributed by atoms with van der Waals surface area (Å²) in [5.74, 6) is 0. The molecular formula is C13H10BrIN2O. The van der Waals surface area contributed by atoms with E-state index in [1.54, 1.807) is 0 Å². The zero-order valence-corrected chi connectivity index (χ0v) is 13.0. The van der Waals surface area contributed by atoms with Gasteiger partial charge in [0.2, 0.25) is 0 Å². The summed E-state index contributed by atoms with van der Waals surface area (Å²) in [6.07, 6.45) is 0. The number of carbonyl (C=O) groups excluding carboxylic acids is 1. The van der Waals surface area contributed by atoms with Crippen LogP contribution in [0.3, 0.4) is 0 Å². The van der Waals surface area contributed by atoms with Crippen LogP contribution >= 0.6 is 38.5 Å². The zero-order valence-electron chi connectivity index (χ0n) is 9.28. The van der Waals surface area contributed by atoms with Crippen LogP contribution in [0.25, 0.3) is 0 Å². The average molecular weight is 417 g/mol. The van der Waals surface area contributed by atoms with Gasteiger partial charge in [-0.15, -0.1) is 0 Å². The maximum Gasteiger partial charge on any atom is 0.323 e. The summed E-state index contributed by atoms with van der Waals surface area (Å²) in [6, 6.07) is 14.8. The van der Waals surface area contributed by atoms with Crippen molar-refractivity contribution in [1.29, 1.82) is 0 Å². The molecule has 0 saturated carbocycles. The summed E-state index contributed by atoms with van der Waals surface area (Å²) in [5.41, 5.74) is 1.54. The molecule has 0 aromatic heterocycles. The number of amides is 2. The molecule has 2 amide bonds. The fourth-order valence-corrected chi connectivity index (χ4v) is 2.33. The molecule has 5 heteroatoms. The molecule has 2 rings (SSSR count). The molecule has 0 heterocycles. The summed E-state index contributed by atoms with van der Waals surface area (Å²) in [7, 11) is 0. The van der Waals surface area contributed by atoms with Gasteiger partial charge in [0.1, 0.15) is 0 Å². The lowest BCUT2D eigenvalue weighted by Gasteiger charge is -2.09. The van der Waals surface area contributed by atoms with Gasteiger partial charge in [-0.05, 0) is 52.9 Å². The second-order valence-corrected chi connectivity index (χ2v) is 5.65. The van der Waals surface area contributed by atoms with Gasteiger partial charge in [0.25, 0.3) is 0 Å². The van der Waals surface area contributed by atoms with Gasteiger partial charge < -0.3 is 10.6 Å². The molecule has 0 aliphatic rings. The highest BCUT2D eigenvalue weighted by Gasteiger charge is 2.04. The van der Waals surface area contributed by atoms with E-state index >= 15 is 0 Å². The van der Waals surface area contributed by atoms with Crippen LogP contribution in [0.5, 0.6) is 0 Å². The Morgan fingerprint density at radius 3 is 2.56 bits per heavy atom. The minimum atomic E-state index is -0.253. The number of hydrogen-bond donors (Lipinski definition) is 2. The fourth-order valence-electron chi connectivity index (χ4n) is 1.41. The van der Waals surface area contributed by atoms with Crippen LogP contribution in [-0.2, 0) is 0 Å². The van der Waals surface area contributed by atoms with E-state index in [1.807, 2.05) is 48.5 Å². The van der Waals surface area contributed by atoms with Crippen molar-refractivity contribution in [2.45, 2.75) is 0 Å². The predicted octanol–water partition coefficient (Wildman–Crippen LogP) is 4.70. The standard InChI is InChI=1S/C13H10BrIN2O/c14-9-4-3-5-10(8-9)16-13(18)17-12-7-2-1-6-11(12)15/h1-8H,(H2,16,17,18). The highest BCUT2D eigenvalue weighted by Crippen LogP contribution is 2.18. The number of nitrogens with one attached hydrogen (secondary N) is 2. The molecule has 0 aliphatic heterocycles. The smallest absolute Gasteiger partial charge is 0.308 e. The number of anilines is 2. The zero-order chi connectivity index (χ0) is 13.0. The first-order valence-corrected chi connectivity index (χ1v) is 7.10. The molecule has 0 atom stereocenters. The van der Waals surface area contributed by atoms with Crippen LogP contribution in [0.4, 0.5) is 16.2 Å². The molecule has 0 fully saturated rings. The molecule has 3 nitrogen and oxygen atoms in total. The summed E-state index contributed by atoms with van der Waals surface area (Å²) in [6.45, 7) is 0. The molecule has 0 bridgehead atoms. The van der Waals surface area contributed by atoms with Crippen LogP contribution < -0.4 is 10.6 Å². The fraction of sp³-hybridized carbons (Fsp3) is 0. The van der Waals surface area contributed by atoms with E-state index in [4.69, 9.17) is 0 Å². The van der Waals surface area contributed by atoms with Gasteiger partial charge in [0.15, 0.2) is 0 Å². The minimum Gasteiger partial charge on any atom is -0.308 e. The maximum absolute atomic E-state index is 11.8. The SMILES string of the molecule is O=C(Nc1cccc(Br)c1)Nc1ccccc1I. The quantitative estimate of drug-likeness (QED) is 0.684. The molecule has 0 unspecified atom stereocenters. The second-order valence-electron chi connectivity index (χ2n) is 3.57. The van der Waals surface area contributed by atoms with Crippen LogP contribution in [0.1, 0.15) is 0 Å². The van der Waals surface area contributed by atoms with E-state index in [0.29, 0.717) is 0 Å². The number of benzene rings is 2. The van der Waals surface area contributed by atoms with Gasteiger partial charge in [-0.2, -0.15) is 0 Å². The highest BCUT2D eigenvalue weighted by molar-refractivity contribution is 14.1. The van der Waals surface area contributed by atoms with E-state index in [-0.39, 0.29) is 6.03 Å². The largest absolute Gasteiger partial charge is 0.323 e. The van der Waals surface area contributed by atoms with E-state index in [2.05, 4.69) is 49.2 Å². The Labute approximate surface area is 127 Å². The first kappa shape index (κ1) is 13.4. The molecule has 2 aromatic rings. The van der Waals surface area contributed by atoms with E-state index in [1.165, 1.54) is 0 Å². The number of carbonyl (C=O) groups is 1. The molecule has 2 aromatic carbocycles. The van der Waals surface area contributed by atoms with Crippen LogP contribution in [0.15, 0.2) is 53.0 Å². The normalized spacial score (nSPS) is 9.89. The van der Waals surface area contributed by atoms with Gasteiger partial charge >= 0.3 is 6.03 Å². The number of rotatable bonds is 2. The number of para-hydroxylation sites is 1. The maximum atomic E-state index is 11.8. The van der Waals surface area contributed by atoms with Crippen molar-refractivity contribution in [2.24, 2.45) is 0 Å². The summed E-state index contributed by atoms with van der Waals surface area (Å²) >= 11 is 5.54. The Kier molecular flexibility index (Phi) is 4.60. The third kappa shape index (κ3) is 3.71. The molecule has 18 heavy (non-hydrogen) atoms. The van der Waals surface area contributed by atoms with Crippen molar-refractivity contribution in [3.63, 3.8) is 0 Å². The lowest BCUT2D eigenvalue weighted by molar-refractivity contribution is 0.262. The van der Waals surface area contributed by atoms with Gasteiger partial charge in [-0.3, -0.25) is 0 Å². The number of hydrogen-bond acceptors (Lipinski definition) is 1. The van der Waals surface area contributed by atoms with Crippen molar-refractivity contribution >= 4 is 55.9 Å². The van der Waals surface area contributed by atoms with E-state index in [9.17, 15) is 4.79 Å². The van der Waals surface area contributed by atoms with Crippen molar-refractivity contribution < 1.29 is 4.79 Å². The summed E-state index contributed by atoms with van der Waals surface area (Å²) < 4.78 is 1.93. The lowest BCUT2D eigenvalue weighted by atomic mass is 10.3.